The van der Waals surface area contributed by atoms with Gasteiger partial charge in [0.25, 0.3) is 0 Å². The SMILES string of the molecule is FC(F)(F)c1cccc(OCc2ccc(C#Cc3c[nH]c4ccccc34)cc2)c1. The van der Waals surface area contributed by atoms with Gasteiger partial charge in [-0.25, -0.2) is 0 Å². The fourth-order valence-corrected chi connectivity index (χ4v) is 2.93. The predicted octanol–water partition coefficient (Wildman–Crippen LogP) is 6.17. The summed E-state index contributed by atoms with van der Waals surface area (Å²) in [4.78, 5) is 3.19. The van der Waals surface area contributed by atoms with Crippen LogP contribution in [0.2, 0.25) is 0 Å². The Morgan fingerprint density at radius 2 is 1.66 bits per heavy atom. The molecule has 4 rings (SSSR count). The number of alkyl halides is 3. The van der Waals surface area contributed by atoms with Crippen molar-refractivity contribution in [3.05, 3.63) is 101 Å². The van der Waals surface area contributed by atoms with Gasteiger partial charge in [-0.15, -0.1) is 0 Å². The van der Waals surface area contributed by atoms with Crippen LogP contribution < -0.4 is 4.74 Å². The number of rotatable bonds is 3. The highest BCUT2D eigenvalue weighted by Gasteiger charge is 2.30. The van der Waals surface area contributed by atoms with Crippen molar-refractivity contribution in [3.63, 3.8) is 0 Å². The number of para-hydroxylation sites is 1. The van der Waals surface area contributed by atoms with Gasteiger partial charge in [-0.2, -0.15) is 13.2 Å². The minimum absolute atomic E-state index is 0.178. The van der Waals surface area contributed by atoms with Gasteiger partial charge in [0.15, 0.2) is 0 Å². The first-order valence-electron chi connectivity index (χ1n) is 8.96. The normalized spacial score (nSPS) is 11.1. The van der Waals surface area contributed by atoms with E-state index < -0.39 is 11.7 Å². The fraction of sp³-hybridized carbons (Fsp3) is 0.0833. The molecule has 0 saturated carbocycles. The fourth-order valence-electron chi connectivity index (χ4n) is 2.93. The Labute approximate surface area is 166 Å². The lowest BCUT2D eigenvalue weighted by atomic mass is 10.1. The Morgan fingerprint density at radius 1 is 0.862 bits per heavy atom. The molecule has 5 heteroatoms. The summed E-state index contributed by atoms with van der Waals surface area (Å²) in [6.45, 7) is 0.178. The van der Waals surface area contributed by atoms with E-state index >= 15 is 0 Å². The Kier molecular flexibility index (Phi) is 5.01. The van der Waals surface area contributed by atoms with Crippen LogP contribution in [-0.2, 0) is 12.8 Å². The maximum absolute atomic E-state index is 12.8. The highest BCUT2D eigenvalue weighted by molar-refractivity contribution is 5.86. The maximum Gasteiger partial charge on any atom is 0.416 e. The zero-order chi connectivity index (χ0) is 20.3. The Bertz CT molecular complexity index is 1190. The second-order valence-corrected chi connectivity index (χ2v) is 6.51. The molecule has 2 nitrogen and oxygen atoms in total. The molecule has 0 spiro atoms. The van der Waals surface area contributed by atoms with E-state index in [4.69, 9.17) is 4.74 Å². The summed E-state index contributed by atoms with van der Waals surface area (Å²) < 4.78 is 43.8. The van der Waals surface area contributed by atoms with Gasteiger partial charge in [0.2, 0.25) is 0 Å². The summed E-state index contributed by atoms with van der Waals surface area (Å²) >= 11 is 0. The summed E-state index contributed by atoms with van der Waals surface area (Å²) in [6, 6.07) is 20.3. The van der Waals surface area contributed by atoms with E-state index in [9.17, 15) is 13.2 Å². The van der Waals surface area contributed by atoms with Crippen molar-refractivity contribution < 1.29 is 17.9 Å². The summed E-state index contributed by atoms with van der Waals surface area (Å²) in [5, 5.41) is 1.08. The zero-order valence-electron chi connectivity index (χ0n) is 15.3. The van der Waals surface area contributed by atoms with Crippen molar-refractivity contribution in [2.75, 3.05) is 0 Å². The highest BCUT2D eigenvalue weighted by Crippen LogP contribution is 2.31. The smallest absolute Gasteiger partial charge is 0.416 e. The van der Waals surface area contributed by atoms with Crippen molar-refractivity contribution in [2.24, 2.45) is 0 Å². The van der Waals surface area contributed by atoms with Gasteiger partial charge in [0.05, 0.1) is 11.1 Å². The molecule has 1 N–H and O–H groups in total. The van der Waals surface area contributed by atoms with Crippen molar-refractivity contribution >= 4 is 10.9 Å². The molecule has 0 saturated heterocycles. The average molecular weight is 391 g/mol. The van der Waals surface area contributed by atoms with Crippen molar-refractivity contribution in [3.8, 4) is 17.6 Å². The van der Waals surface area contributed by atoms with Crippen LogP contribution in [0.3, 0.4) is 0 Å². The van der Waals surface area contributed by atoms with E-state index in [0.29, 0.717) is 0 Å². The molecule has 0 bridgehead atoms. The molecule has 29 heavy (non-hydrogen) atoms. The Morgan fingerprint density at radius 3 is 2.45 bits per heavy atom. The molecule has 1 heterocycles. The van der Waals surface area contributed by atoms with Gasteiger partial charge < -0.3 is 9.72 Å². The minimum Gasteiger partial charge on any atom is -0.489 e. The molecular formula is C24H16F3NO. The van der Waals surface area contributed by atoms with Gasteiger partial charge >= 0.3 is 6.18 Å². The van der Waals surface area contributed by atoms with Crippen LogP contribution >= 0.6 is 0 Å². The molecule has 4 aromatic rings. The molecule has 0 unspecified atom stereocenters. The standard InChI is InChI=1S/C24H16F3NO/c25-24(26,27)20-4-3-5-21(14-20)29-16-18-10-8-17(9-11-18)12-13-19-15-28-23-7-2-1-6-22(19)23/h1-11,14-15,28H,16H2. The molecule has 3 aromatic carbocycles. The molecule has 0 aliphatic heterocycles. The number of hydrogen-bond acceptors (Lipinski definition) is 1. The third-order valence-corrected chi connectivity index (χ3v) is 4.45. The summed E-state index contributed by atoms with van der Waals surface area (Å²) in [6.07, 6.45) is -2.50. The molecule has 0 aliphatic carbocycles. The lowest BCUT2D eigenvalue weighted by Gasteiger charge is -2.10. The number of halogens is 3. The number of benzene rings is 3. The molecule has 0 radical (unpaired) electrons. The van der Waals surface area contributed by atoms with Crippen LogP contribution in [0.4, 0.5) is 13.2 Å². The van der Waals surface area contributed by atoms with Crippen LogP contribution in [-0.4, -0.2) is 4.98 Å². The predicted molar refractivity (Wildman–Crippen MR) is 106 cm³/mol. The number of aromatic amines is 1. The van der Waals surface area contributed by atoms with Crippen LogP contribution in [0, 0.1) is 11.8 Å². The molecule has 144 valence electrons. The van der Waals surface area contributed by atoms with Crippen molar-refractivity contribution in [1.29, 1.82) is 0 Å². The third-order valence-electron chi connectivity index (χ3n) is 4.45. The largest absolute Gasteiger partial charge is 0.489 e. The Balaban J connectivity index is 1.43. The van der Waals surface area contributed by atoms with Crippen LogP contribution in [0.1, 0.15) is 22.3 Å². The van der Waals surface area contributed by atoms with Gasteiger partial charge in [0, 0.05) is 22.7 Å². The zero-order valence-corrected chi connectivity index (χ0v) is 15.3. The molecular weight excluding hydrogens is 375 g/mol. The third kappa shape index (κ3) is 4.44. The van der Waals surface area contributed by atoms with Crippen LogP contribution in [0.5, 0.6) is 5.75 Å². The summed E-state index contributed by atoms with van der Waals surface area (Å²) in [5.74, 6) is 6.47. The Hall–Kier alpha value is -3.65. The highest BCUT2D eigenvalue weighted by atomic mass is 19.4. The van der Waals surface area contributed by atoms with Gasteiger partial charge in [-0.1, -0.05) is 48.2 Å². The van der Waals surface area contributed by atoms with E-state index in [1.165, 1.54) is 12.1 Å². The number of ether oxygens (including phenoxy) is 1. The number of nitrogens with one attached hydrogen (secondary N) is 1. The van der Waals surface area contributed by atoms with E-state index in [1.807, 2.05) is 54.7 Å². The van der Waals surface area contributed by atoms with Crippen LogP contribution in [0.15, 0.2) is 79.0 Å². The summed E-state index contributed by atoms with van der Waals surface area (Å²) in [7, 11) is 0. The first kappa shape index (κ1) is 18.7. The van der Waals surface area contributed by atoms with Gasteiger partial charge in [-0.05, 0) is 42.0 Å². The van der Waals surface area contributed by atoms with Gasteiger partial charge in [-0.3, -0.25) is 0 Å². The molecule has 0 amide bonds. The quantitative estimate of drug-likeness (QED) is 0.415. The molecule has 0 atom stereocenters. The second kappa shape index (κ2) is 7.76. The number of fused-ring (bicyclic) bond motifs is 1. The molecule has 0 fully saturated rings. The monoisotopic (exact) mass is 391 g/mol. The van der Waals surface area contributed by atoms with Crippen molar-refractivity contribution in [2.45, 2.75) is 12.8 Å². The molecule has 0 aliphatic rings. The summed E-state index contributed by atoms with van der Waals surface area (Å²) in [5.41, 5.74) is 2.94. The number of aromatic nitrogens is 1. The first-order valence-corrected chi connectivity index (χ1v) is 8.96. The molecule has 1 aromatic heterocycles. The lowest BCUT2D eigenvalue weighted by Crippen LogP contribution is -2.05. The number of hydrogen-bond donors (Lipinski definition) is 1. The van der Waals surface area contributed by atoms with E-state index in [2.05, 4.69) is 16.8 Å². The van der Waals surface area contributed by atoms with Crippen LogP contribution in [0.25, 0.3) is 10.9 Å². The number of H-pyrrole nitrogens is 1. The van der Waals surface area contributed by atoms with E-state index in [1.54, 1.807) is 0 Å². The topological polar surface area (TPSA) is 25.0 Å². The lowest BCUT2D eigenvalue weighted by molar-refractivity contribution is -0.137. The second-order valence-electron chi connectivity index (χ2n) is 6.51. The van der Waals surface area contributed by atoms with E-state index in [-0.39, 0.29) is 12.4 Å². The first-order chi connectivity index (χ1) is 14.0. The average Bonchev–Trinajstić information content (AvgIpc) is 3.14. The maximum atomic E-state index is 12.8. The van der Waals surface area contributed by atoms with Crippen molar-refractivity contribution in [1.82, 2.24) is 4.98 Å². The minimum atomic E-state index is -4.38. The van der Waals surface area contributed by atoms with E-state index in [0.717, 1.165) is 39.7 Å². The van der Waals surface area contributed by atoms with Gasteiger partial charge in [0.1, 0.15) is 12.4 Å².